The van der Waals surface area contributed by atoms with E-state index in [2.05, 4.69) is 40.2 Å². The number of halogens is 1. The van der Waals surface area contributed by atoms with E-state index in [1.807, 2.05) is 11.7 Å². The SMILES string of the molecule is CCc1nn(C)c(CC(=O)C2(C)CCNCC2)c1Br. The van der Waals surface area contributed by atoms with Crippen molar-refractivity contribution in [2.45, 2.75) is 39.5 Å². The first-order chi connectivity index (χ1) is 8.98. The molecule has 5 heteroatoms. The van der Waals surface area contributed by atoms with Gasteiger partial charge >= 0.3 is 0 Å². The zero-order chi connectivity index (χ0) is 14.0. The Balaban J connectivity index is 2.16. The van der Waals surface area contributed by atoms with E-state index < -0.39 is 0 Å². The summed E-state index contributed by atoms with van der Waals surface area (Å²) in [6.45, 7) is 6.05. The van der Waals surface area contributed by atoms with Gasteiger partial charge in [-0.15, -0.1) is 0 Å². The summed E-state index contributed by atoms with van der Waals surface area (Å²) >= 11 is 3.58. The molecule has 1 saturated heterocycles. The van der Waals surface area contributed by atoms with Gasteiger partial charge in [0.25, 0.3) is 0 Å². The first-order valence-corrected chi connectivity index (χ1v) is 7.71. The fourth-order valence-corrected chi connectivity index (χ4v) is 3.39. The molecule has 2 rings (SSSR count). The molecule has 4 nitrogen and oxygen atoms in total. The van der Waals surface area contributed by atoms with Gasteiger partial charge in [-0.05, 0) is 48.3 Å². The predicted octanol–water partition coefficient (Wildman–Crippen LogP) is 2.25. The molecule has 0 unspecified atom stereocenters. The number of ketones is 1. The number of aryl methyl sites for hydroxylation is 2. The number of piperidine rings is 1. The second-order valence-corrected chi connectivity index (χ2v) is 6.39. The molecule has 1 N–H and O–H groups in total. The van der Waals surface area contributed by atoms with Crippen LogP contribution in [0.2, 0.25) is 0 Å². The zero-order valence-corrected chi connectivity index (χ0v) is 13.5. The molecule has 1 fully saturated rings. The molecule has 0 atom stereocenters. The molecule has 1 aliphatic heterocycles. The number of hydrogen-bond acceptors (Lipinski definition) is 3. The molecule has 0 aliphatic carbocycles. The minimum atomic E-state index is -0.179. The molecule has 0 amide bonds. The largest absolute Gasteiger partial charge is 0.317 e. The lowest BCUT2D eigenvalue weighted by molar-refractivity contribution is -0.128. The van der Waals surface area contributed by atoms with Crippen molar-refractivity contribution in [1.29, 1.82) is 0 Å². The van der Waals surface area contributed by atoms with Crippen molar-refractivity contribution >= 4 is 21.7 Å². The first-order valence-electron chi connectivity index (χ1n) is 6.92. The van der Waals surface area contributed by atoms with Crippen LogP contribution in [0.15, 0.2) is 4.47 Å². The minimum absolute atomic E-state index is 0.179. The van der Waals surface area contributed by atoms with Gasteiger partial charge in [0.15, 0.2) is 0 Å². The van der Waals surface area contributed by atoms with E-state index in [-0.39, 0.29) is 5.41 Å². The minimum Gasteiger partial charge on any atom is -0.317 e. The van der Waals surface area contributed by atoms with Crippen LogP contribution >= 0.6 is 15.9 Å². The third kappa shape index (κ3) is 2.92. The van der Waals surface area contributed by atoms with Crippen molar-refractivity contribution in [3.05, 3.63) is 15.9 Å². The second-order valence-electron chi connectivity index (χ2n) is 5.60. The van der Waals surface area contributed by atoms with Gasteiger partial charge in [0.2, 0.25) is 0 Å². The van der Waals surface area contributed by atoms with E-state index in [0.29, 0.717) is 12.2 Å². The lowest BCUT2D eigenvalue weighted by Crippen LogP contribution is -2.41. The van der Waals surface area contributed by atoms with Crippen LogP contribution in [0.3, 0.4) is 0 Å². The Kier molecular flexibility index (Phi) is 4.46. The highest BCUT2D eigenvalue weighted by molar-refractivity contribution is 9.10. The second kappa shape index (κ2) is 5.75. The topological polar surface area (TPSA) is 46.9 Å². The van der Waals surface area contributed by atoms with Crippen molar-refractivity contribution in [3.63, 3.8) is 0 Å². The highest BCUT2D eigenvalue weighted by Crippen LogP contribution is 2.32. The predicted molar refractivity (Wildman–Crippen MR) is 79.2 cm³/mol. The number of nitrogens with one attached hydrogen (secondary N) is 1. The maximum Gasteiger partial charge on any atom is 0.144 e. The molecule has 0 bridgehead atoms. The maximum atomic E-state index is 12.6. The molecular formula is C14H22BrN3O. The quantitative estimate of drug-likeness (QED) is 0.922. The fraction of sp³-hybridized carbons (Fsp3) is 0.714. The molecule has 2 heterocycles. The number of nitrogens with zero attached hydrogens (tertiary/aromatic N) is 2. The third-order valence-corrected chi connectivity index (χ3v) is 5.13. The highest BCUT2D eigenvalue weighted by atomic mass is 79.9. The first kappa shape index (κ1) is 14.7. The van der Waals surface area contributed by atoms with Gasteiger partial charge in [-0.2, -0.15) is 5.10 Å². The molecule has 0 saturated carbocycles. The van der Waals surface area contributed by atoms with E-state index >= 15 is 0 Å². The van der Waals surface area contributed by atoms with Crippen LogP contribution in [-0.2, 0) is 24.7 Å². The van der Waals surface area contributed by atoms with Crippen LogP contribution in [0, 0.1) is 5.41 Å². The zero-order valence-electron chi connectivity index (χ0n) is 11.9. The Labute approximate surface area is 123 Å². The van der Waals surface area contributed by atoms with Gasteiger partial charge in [-0.25, -0.2) is 0 Å². The Hall–Kier alpha value is -0.680. The average molecular weight is 328 g/mol. The van der Waals surface area contributed by atoms with Gasteiger partial charge < -0.3 is 5.32 Å². The summed E-state index contributed by atoms with van der Waals surface area (Å²) in [6.07, 6.45) is 3.22. The number of rotatable bonds is 4. The lowest BCUT2D eigenvalue weighted by Gasteiger charge is -2.32. The lowest BCUT2D eigenvalue weighted by atomic mass is 9.76. The summed E-state index contributed by atoms with van der Waals surface area (Å²) in [5.41, 5.74) is 1.85. The van der Waals surface area contributed by atoms with Crippen molar-refractivity contribution in [3.8, 4) is 0 Å². The normalized spacial score (nSPS) is 18.5. The van der Waals surface area contributed by atoms with Crippen LogP contribution in [0.4, 0.5) is 0 Å². The molecule has 0 aromatic carbocycles. The van der Waals surface area contributed by atoms with Gasteiger partial charge in [0.1, 0.15) is 5.78 Å². The standard InChI is InChI=1S/C14H22BrN3O/c1-4-10-13(15)11(18(3)17-10)9-12(19)14(2)5-7-16-8-6-14/h16H,4-9H2,1-3H3. The Morgan fingerprint density at radius 2 is 2.11 bits per heavy atom. The highest BCUT2D eigenvalue weighted by Gasteiger charge is 2.35. The van der Waals surface area contributed by atoms with Crippen molar-refractivity contribution < 1.29 is 4.79 Å². The number of aromatic nitrogens is 2. The summed E-state index contributed by atoms with van der Waals surface area (Å²) in [6, 6.07) is 0. The fourth-order valence-electron chi connectivity index (χ4n) is 2.63. The van der Waals surface area contributed by atoms with Crippen LogP contribution in [-0.4, -0.2) is 28.7 Å². The molecule has 0 spiro atoms. The summed E-state index contributed by atoms with van der Waals surface area (Å²) in [4.78, 5) is 12.6. The monoisotopic (exact) mass is 327 g/mol. The van der Waals surface area contributed by atoms with E-state index in [4.69, 9.17) is 0 Å². The molecule has 0 radical (unpaired) electrons. The van der Waals surface area contributed by atoms with Crippen LogP contribution in [0.25, 0.3) is 0 Å². The van der Waals surface area contributed by atoms with Crippen LogP contribution < -0.4 is 5.32 Å². The van der Waals surface area contributed by atoms with E-state index in [0.717, 1.165) is 48.2 Å². The number of carbonyl (C=O) groups excluding carboxylic acids is 1. The van der Waals surface area contributed by atoms with Gasteiger partial charge in [-0.3, -0.25) is 9.48 Å². The molecule has 106 valence electrons. The Morgan fingerprint density at radius 1 is 1.47 bits per heavy atom. The maximum absolute atomic E-state index is 12.6. The van der Waals surface area contributed by atoms with Gasteiger partial charge in [0, 0.05) is 12.5 Å². The Morgan fingerprint density at radius 3 is 2.63 bits per heavy atom. The van der Waals surface area contributed by atoms with Gasteiger partial charge in [-0.1, -0.05) is 13.8 Å². The molecule has 1 aromatic rings. The summed E-state index contributed by atoms with van der Waals surface area (Å²) in [5, 5.41) is 7.77. The molecular weight excluding hydrogens is 306 g/mol. The Bertz CT molecular complexity index is 475. The smallest absolute Gasteiger partial charge is 0.144 e. The molecule has 1 aliphatic rings. The number of Topliss-reactive ketones (excluding diaryl/α,β-unsaturated/α-hetero) is 1. The number of hydrogen-bond donors (Lipinski definition) is 1. The average Bonchev–Trinajstić information content (AvgIpc) is 2.67. The van der Waals surface area contributed by atoms with Crippen molar-refractivity contribution in [1.82, 2.24) is 15.1 Å². The van der Waals surface area contributed by atoms with Crippen LogP contribution in [0.5, 0.6) is 0 Å². The number of carbonyl (C=O) groups is 1. The van der Waals surface area contributed by atoms with Crippen molar-refractivity contribution in [2.75, 3.05) is 13.1 Å². The van der Waals surface area contributed by atoms with Crippen molar-refractivity contribution in [2.24, 2.45) is 12.5 Å². The third-order valence-electron chi connectivity index (χ3n) is 4.21. The summed E-state index contributed by atoms with van der Waals surface area (Å²) in [5.74, 6) is 0.334. The summed E-state index contributed by atoms with van der Waals surface area (Å²) in [7, 11) is 1.91. The van der Waals surface area contributed by atoms with Gasteiger partial charge in [0.05, 0.1) is 22.3 Å². The van der Waals surface area contributed by atoms with E-state index in [1.54, 1.807) is 0 Å². The van der Waals surface area contributed by atoms with E-state index in [9.17, 15) is 4.79 Å². The molecule has 1 aromatic heterocycles. The summed E-state index contributed by atoms with van der Waals surface area (Å²) < 4.78 is 2.84. The molecule has 19 heavy (non-hydrogen) atoms. The van der Waals surface area contributed by atoms with Crippen LogP contribution in [0.1, 0.15) is 38.1 Å². The van der Waals surface area contributed by atoms with E-state index in [1.165, 1.54) is 0 Å².